The second kappa shape index (κ2) is 8.75. The number of hydrogen-bond donors (Lipinski definition) is 2. The molecule has 1 aromatic heterocycles. The maximum Gasteiger partial charge on any atom is 0.220 e. The second-order valence-corrected chi connectivity index (χ2v) is 7.03. The number of furan rings is 1. The van der Waals surface area contributed by atoms with E-state index in [2.05, 4.69) is 10.6 Å². The van der Waals surface area contributed by atoms with Gasteiger partial charge in [-0.25, -0.2) is 0 Å². The van der Waals surface area contributed by atoms with Crippen molar-refractivity contribution in [3.05, 3.63) is 54.0 Å². The minimum atomic E-state index is -0.387. The fourth-order valence-electron chi connectivity index (χ4n) is 3.51. The van der Waals surface area contributed by atoms with Gasteiger partial charge in [-0.15, -0.1) is 0 Å². The molecule has 2 heterocycles. The van der Waals surface area contributed by atoms with Gasteiger partial charge in [-0.3, -0.25) is 9.59 Å². The number of carbonyl (C=O) groups is 2. The first kappa shape index (κ1) is 19.0. The van der Waals surface area contributed by atoms with Crippen molar-refractivity contribution in [2.45, 2.75) is 44.1 Å². The van der Waals surface area contributed by atoms with Crippen molar-refractivity contribution in [2.75, 3.05) is 13.7 Å². The zero-order valence-electron chi connectivity index (χ0n) is 15.6. The summed E-state index contributed by atoms with van der Waals surface area (Å²) in [6, 6.07) is 11.6. The van der Waals surface area contributed by atoms with Crippen LogP contribution in [0, 0.1) is 0 Å². The van der Waals surface area contributed by atoms with Gasteiger partial charge in [0.05, 0.1) is 13.4 Å². The van der Waals surface area contributed by atoms with Crippen molar-refractivity contribution in [3.8, 4) is 5.75 Å². The summed E-state index contributed by atoms with van der Waals surface area (Å²) in [5.74, 6) is 1.70. The van der Waals surface area contributed by atoms with E-state index in [0.717, 1.165) is 29.9 Å². The lowest BCUT2D eigenvalue weighted by Gasteiger charge is -2.28. The highest BCUT2D eigenvalue weighted by atomic mass is 16.5. The average Bonchev–Trinajstić information content (AvgIpc) is 3.31. The predicted molar refractivity (Wildman–Crippen MR) is 101 cm³/mol. The van der Waals surface area contributed by atoms with Crippen LogP contribution in [0.1, 0.15) is 37.0 Å². The predicted octanol–water partition coefficient (Wildman–Crippen LogP) is 2.62. The highest BCUT2D eigenvalue weighted by Crippen LogP contribution is 2.29. The van der Waals surface area contributed by atoms with E-state index in [0.29, 0.717) is 32.2 Å². The quantitative estimate of drug-likeness (QED) is 0.711. The van der Waals surface area contributed by atoms with Crippen LogP contribution >= 0.6 is 0 Å². The first-order chi connectivity index (χ1) is 13.1. The monoisotopic (exact) mass is 370 g/mol. The lowest BCUT2D eigenvalue weighted by atomic mass is 9.87. The topological polar surface area (TPSA) is 80.6 Å². The van der Waals surface area contributed by atoms with Crippen molar-refractivity contribution in [3.63, 3.8) is 0 Å². The van der Waals surface area contributed by atoms with Crippen LogP contribution in [0.25, 0.3) is 0 Å². The summed E-state index contributed by atoms with van der Waals surface area (Å²) in [5, 5.41) is 6.03. The third-order valence-corrected chi connectivity index (χ3v) is 5.05. The van der Waals surface area contributed by atoms with Gasteiger partial charge in [-0.2, -0.15) is 0 Å². The van der Waals surface area contributed by atoms with Crippen LogP contribution in [0.15, 0.2) is 47.1 Å². The van der Waals surface area contributed by atoms with Crippen LogP contribution in [-0.2, 0) is 22.4 Å². The Balaban J connectivity index is 1.45. The van der Waals surface area contributed by atoms with Crippen LogP contribution < -0.4 is 15.4 Å². The minimum absolute atomic E-state index is 0.00322. The molecule has 1 aromatic carbocycles. The molecule has 0 aliphatic carbocycles. The Morgan fingerprint density at radius 2 is 2.11 bits per heavy atom. The number of nitrogens with one attached hydrogen (secondary N) is 2. The van der Waals surface area contributed by atoms with Gasteiger partial charge >= 0.3 is 0 Å². The zero-order valence-corrected chi connectivity index (χ0v) is 15.6. The first-order valence-corrected chi connectivity index (χ1v) is 9.32. The van der Waals surface area contributed by atoms with Gasteiger partial charge in [-0.1, -0.05) is 12.1 Å². The summed E-state index contributed by atoms with van der Waals surface area (Å²) in [6.45, 7) is 0.586. The third kappa shape index (κ3) is 5.36. The molecule has 2 aromatic rings. The maximum absolute atomic E-state index is 12.2. The molecular weight excluding hydrogens is 344 g/mol. The molecule has 144 valence electrons. The van der Waals surface area contributed by atoms with E-state index in [1.54, 1.807) is 13.4 Å². The molecule has 0 bridgehead atoms. The Hall–Kier alpha value is -2.76. The molecule has 0 radical (unpaired) electrons. The summed E-state index contributed by atoms with van der Waals surface area (Å²) >= 11 is 0. The Bertz CT molecular complexity index is 755. The molecule has 0 saturated carbocycles. The van der Waals surface area contributed by atoms with E-state index in [1.165, 1.54) is 0 Å². The Labute approximate surface area is 159 Å². The van der Waals surface area contributed by atoms with Crippen molar-refractivity contribution in [2.24, 2.45) is 0 Å². The van der Waals surface area contributed by atoms with E-state index in [1.807, 2.05) is 36.4 Å². The van der Waals surface area contributed by atoms with Gasteiger partial charge in [-0.05, 0) is 49.1 Å². The number of rotatable bonds is 9. The summed E-state index contributed by atoms with van der Waals surface area (Å²) in [6.07, 6.45) is 5.23. The Morgan fingerprint density at radius 3 is 2.74 bits per heavy atom. The van der Waals surface area contributed by atoms with Gasteiger partial charge in [0.15, 0.2) is 0 Å². The van der Waals surface area contributed by atoms with Crippen molar-refractivity contribution < 1.29 is 18.7 Å². The molecule has 3 rings (SSSR count). The number of ether oxygens (including phenoxy) is 1. The number of benzene rings is 1. The lowest BCUT2D eigenvalue weighted by Crippen LogP contribution is -2.44. The standard InChI is InChI=1S/C21H26N2O4/c1-26-17-6-4-16(5-7-17)10-13-22-19(24)8-11-21(12-9-20(25)23-21)15-18-3-2-14-27-18/h2-7,14H,8-13,15H2,1H3,(H,22,24)(H,23,25)/t21-/m1/s1. The van der Waals surface area contributed by atoms with E-state index in [9.17, 15) is 9.59 Å². The summed E-state index contributed by atoms with van der Waals surface area (Å²) in [5.41, 5.74) is 0.760. The summed E-state index contributed by atoms with van der Waals surface area (Å²) in [7, 11) is 1.64. The lowest BCUT2D eigenvalue weighted by molar-refractivity contribution is -0.122. The highest BCUT2D eigenvalue weighted by molar-refractivity contribution is 5.80. The van der Waals surface area contributed by atoms with Gasteiger partial charge in [0.1, 0.15) is 11.5 Å². The number of methoxy groups -OCH3 is 1. The fraction of sp³-hybridized carbons (Fsp3) is 0.429. The average molecular weight is 370 g/mol. The molecule has 6 heteroatoms. The molecule has 1 aliphatic rings. The van der Waals surface area contributed by atoms with E-state index in [4.69, 9.17) is 9.15 Å². The molecule has 6 nitrogen and oxygen atoms in total. The maximum atomic E-state index is 12.2. The van der Waals surface area contributed by atoms with Crippen LogP contribution in [-0.4, -0.2) is 31.0 Å². The van der Waals surface area contributed by atoms with Crippen LogP contribution in [0.2, 0.25) is 0 Å². The smallest absolute Gasteiger partial charge is 0.220 e. The van der Waals surface area contributed by atoms with E-state index in [-0.39, 0.29) is 17.4 Å². The van der Waals surface area contributed by atoms with E-state index >= 15 is 0 Å². The molecule has 0 unspecified atom stereocenters. The highest BCUT2D eigenvalue weighted by Gasteiger charge is 2.38. The molecule has 1 fully saturated rings. The molecule has 0 spiro atoms. The van der Waals surface area contributed by atoms with E-state index < -0.39 is 0 Å². The van der Waals surface area contributed by atoms with Gasteiger partial charge in [0.2, 0.25) is 11.8 Å². The Kier molecular flexibility index (Phi) is 6.16. The zero-order chi connectivity index (χ0) is 19.1. The van der Waals surface area contributed by atoms with Crippen molar-refractivity contribution >= 4 is 11.8 Å². The van der Waals surface area contributed by atoms with Gasteiger partial charge < -0.3 is 19.8 Å². The van der Waals surface area contributed by atoms with Gasteiger partial charge in [0.25, 0.3) is 0 Å². The summed E-state index contributed by atoms with van der Waals surface area (Å²) < 4.78 is 10.6. The van der Waals surface area contributed by atoms with Crippen molar-refractivity contribution in [1.29, 1.82) is 0 Å². The molecule has 27 heavy (non-hydrogen) atoms. The number of carbonyl (C=O) groups excluding carboxylic acids is 2. The largest absolute Gasteiger partial charge is 0.497 e. The number of amides is 2. The SMILES string of the molecule is COc1ccc(CCNC(=O)CC[C@]2(Cc3ccco3)CCC(=O)N2)cc1. The second-order valence-electron chi connectivity index (χ2n) is 7.03. The molecule has 1 saturated heterocycles. The minimum Gasteiger partial charge on any atom is -0.497 e. The molecule has 2 amide bonds. The van der Waals surface area contributed by atoms with Gasteiger partial charge in [0, 0.05) is 31.3 Å². The number of hydrogen-bond acceptors (Lipinski definition) is 4. The third-order valence-electron chi connectivity index (χ3n) is 5.05. The molecular formula is C21H26N2O4. The normalized spacial score (nSPS) is 18.9. The molecule has 1 atom stereocenters. The fourth-order valence-corrected chi connectivity index (χ4v) is 3.51. The van der Waals surface area contributed by atoms with Crippen LogP contribution in [0.3, 0.4) is 0 Å². The molecule has 2 N–H and O–H groups in total. The Morgan fingerprint density at radius 1 is 1.30 bits per heavy atom. The van der Waals surface area contributed by atoms with Crippen LogP contribution in [0.5, 0.6) is 5.75 Å². The summed E-state index contributed by atoms with van der Waals surface area (Å²) in [4.78, 5) is 24.0. The first-order valence-electron chi connectivity index (χ1n) is 9.32. The van der Waals surface area contributed by atoms with Crippen molar-refractivity contribution in [1.82, 2.24) is 10.6 Å². The molecule has 1 aliphatic heterocycles. The van der Waals surface area contributed by atoms with Crippen LogP contribution in [0.4, 0.5) is 0 Å².